The van der Waals surface area contributed by atoms with Crippen molar-refractivity contribution >= 4 is 28.2 Å². The minimum Gasteiger partial charge on any atom is -0.355 e. The van der Waals surface area contributed by atoms with Gasteiger partial charge in [-0.3, -0.25) is 9.00 Å². The van der Waals surface area contributed by atoms with E-state index in [-0.39, 0.29) is 18.0 Å². The molecule has 3 aromatic rings. The highest BCUT2D eigenvalue weighted by Gasteiger charge is 2.32. The average Bonchev–Trinajstić information content (AvgIpc) is 3.43. The van der Waals surface area contributed by atoms with Gasteiger partial charge in [0.05, 0.1) is 33.0 Å². The van der Waals surface area contributed by atoms with Crippen molar-refractivity contribution in [1.82, 2.24) is 19.5 Å². The molecule has 2 saturated heterocycles. The van der Waals surface area contributed by atoms with E-state index >= 15 is 0 Å². The molecule has 2 N–H and O–H groups in total. The smallest absolute Gasteiger partial charge is 0.255 e. The van der Waals surface area contributed by atoms with Gasteiger partial charge in [0.1, 0.15) is 5.82 Å². The molecule has 2 fully saturated rings. The lowest BCUT2D eigenvalue weighted by molar-refractivity contribution is 0.0602. The Bertz CT molecular complexity index is 1220. The topological polar surface area (TPSA) is 96.8 Å². The molecule has 5 rings (SSSR count). The number of likely N-dealkylation sites (tertiary alicyclic amines) is 1. The van der Waals surface area contributed by atoms with Gasteiger partial charge in [-0.2, -0.15) is 5.10 Å². The van der Waals surface area contributed by atoms with Crippen LogP contribution in [0.2, 0.25) is 0 Å². The first-order valence-electron chi connectivity index (χ1n) is 11.5. The van der Waals surface area contributed by atoms with Crippen LogP contribution in [0.1, 0.15) is 53.3 Å². The van der Waals surface area contributed by atoms with Crippen molar-refractivity contribution in [1.29, 1.82) is 0 Å². The average molecular weight is 467 g/mol. The second-order valence-corrected chi connectivity index (χ2v) is 10.4. The highest BCUT2D eigenvalue weighted by Crippen LogP contribution is 2.33. The van der Waals surface area contributed by atoms with E-state index in [1.54, 1.807) is 18.4 Å². The maximum absolute atomic E-state index is 13.6. The number of piperidine rings is 1. The number of rotatable bonds is 4. The molecule has 174 valence electrons. The number of fused-ring (bicyclic) bond motifs is 1. The van der Waals surface area contributed by atoms with Crippen LogP contribution in [0.3, 0.4) is 0 Å². The molecule has 2 aromatic heterocycles. The summed E-state index contributed by atoms with van der Waals surface area (Å²) in [6.07, 6.45) is 7.42. The molecular weight excluding hydrogens is 436 g/mol. The molecule has 1 amide bonds. The van der Waals surface area contributed by atoms with Crippen LogP contribution in [0.15, 0.2) is 41.4 Å². The van der Waals surface area contributed by atoms with E-state index in [9.17, 15) is 9.00 Å². The molecule has 9 heteroatoms. The fraction of sp³-hybridized carbons (Fsp3) is 0.458. The summed E-state index contributed by atoms with van der Waals surface area (Å²) in [7, 11) is -1.23. The number of aryl methyl sites for hydroxylation is 1. The number of anilines is 1. The molecule has 2 aliphatic rings. The van der Waals surface area contributed by atoms with Crippen LogP contribution in [-0.2, 0) is 10.8 Å². The van der Waals surface area contributed by atoms with Crippen LogP contribution in [0.25, 0.3) is 5.65 Å². The number of amides is 1. The Kier molecular flexibility index (Phi) is 5.92. The molecule has 33 heavy (non-hydrogen) atoms. The molecular formula is C24H30N6O2S. The summed E-state index contributed by atoms with van der Waals surface area (Å²) in [5, 5.41) is 4.82. The molecule has 0 saturated carbocycles. The first-order chi connectivity index (χ1) is 15.9. The molecule has 0 bridgehead atoms. The van der Waals surface area contributed by atoms with Crippen molar-refractivity contribution in [2.45, 2.75) is 49.6 Å². The van der Waals surface area contributed by atoms with Gasteiger partial charge in [-0.15, -0.1) is 0 Å². The number of nitrogens with zero attached hydrogens (tertiary/aromatic N) is 5. The Morgan fingerprint density at radius 3 is 2.76 bits per heavy atom. The fourth-order valence-corrected chi connectivity index (χ4v) is 5.75. The zero-order chi connectivity index (χ0) is 23.1. The zero-order valence-electron chi connectivity index (χ0n) is 19.1. The molecule has 1 unspecified atom stereocenters. The van der Waals surface area contributed by atoms with E-state index in [0.29, 0.717) is 17.0 Å². The number of carbonyl (C=O) groups is 1. The van der Waals surface area contributed by atoms with E-state index < -0.39 is 10.8 Å². The predicted molar refractivity (Wildman–Crippen MR) is 129 cm³/mol. The predicted octanol–water partition coefficient (Wildman–Crippen LogP) is 2.68. The van der Waals surface area contributed by atoms with Crippen molar-refractivity contribution in [3.63, 3.8) is 0 Å². The fourth-order valence-electron chi connectivity index (χ4n) is 5.01. The van der Waals surface area contributed by atoms with Crippen LogP contribution < -0.4 is 10.6 Å². The lowest BCUT2D eigenvalue weighted by Crippen LogP contribution is -2.39. The van der Waals surface area contributed by atoms with Gasteiger partial charge in [-0.25, -0.2) is 9.50 Å². The normalized spacial score (nSPS) is 22.2. The maximum Gasteiger partial charge on any atom is 0.255 e. The number of benzene rings is 1. The van der Waals surface area contributed by atoms with Gasteiger partial charge in [0, 0.05) is 49.8 Å². The Morgan fingerprint density at radius 1 is 1.18 bits per heavy atom. The van der Waals surface area contributed by atoms with Crippen LogP contribution >= 0.6 is 0 Å². The van der Waals surface area contributed by atoms with Crippen molar-refractivity contribution in [2.75, 3.05) is 30.8 Å². The van der Waals surface area contributed by atoms with Crippen LogP contribution in [-0.4, -0.2) is 61.5 Å². The summed E-state index contributed by atoms with van der Waals surface area (Å²) in [5.41, 5.74) is 9.30. The largest absolute Gasteiger partial charge is 0.355 e. The maximum atomic E-state index is 13.6. The molecule has 8 nitrogen and oxygen atoms in total. The van der Waals surface area contributed by atoms with E-state index in [0.717, 1.165) is 61.5 Å². The van der Waals surface area contributed by atoms with Gasteiger partial charge in [-0.05, 0) is 44.7 Å². The highest BCUT2D eigenvalue weighted by atomic mass is 32.2. The third kappa shape index (κ3) is 4.15. The number of hydrogen-bond donors (Lipinski definition) is 1. The second-order valence-electron chi connectivity index (χ2n) is 9.07. The first kappa shape index (κ1) is 22.0. The summed E-state index contributed by atoms with van der Waals surface area (Å²) in [6, 6.07) is 9.24. The van der Waals surface area contributed by atoms with Gasteiger partial charge in [0.25, 0.3) is 5.91 Å². The molecule has 0 spiro atoms. The second kappa shape index (κ2) is 8.87. The van der Waals surface area contributed by atoms with Gasteiger partial charge in [0.15, 0.2) is 5.65 Å². The standard InChI is InChI=1S/C24H30N6O2S/c1-16-14-30-22(26-23(16)28-12-10-17(25)15-28)13-19(27-30)20-8-5-6-11-29(20)24(31)18-7-3-4-9-21(18)33(2)32/h3-4,7,9,13-14,17,20H,5-6,8,10-12,15,25H2,1-2H3/t17-,20-,33?/m0/s1. The first-order valence-corrected chi connectivity index (χ1v) is 13.1. The Balaban J connectivity index is 1.49. The third-order valence-electron chi connectivity index (χ3n) is 6.68. The molecule has 4 heterocycles. The minimum absolute atomic E-state index is 0.0848. The number of aromatic nitrogens is 3. The minimum atomic E-state index is -1.23. The SMILES string of the molecule is Cc1cn2nc([C@@H]3CCCCN3C(=O)c3ccccc3S(C)=O)cc2nc1N1CC[C@H](N)C1. The molecule has 2 aliphatic heterocycles. The molecule has 3 atom stereocenters. The quantitative estimate of drug-likeness (QED) is 0.635. The zero-order valence-corrected chi connectivity index (χ0v) is 19.9. The van der Waals surface area contributed by atoms with Crippen molar-refractivity contribution in [3.05, 3.63) is 53.3 Å². The molecule has 0 radical (unpaired) electrons. The van der Waals surface area contributed by atoms with Gasteiger partial charge >= 0.3 is 0 Å². The van der Waals surface area contributed by atoms with Crippen LogP contribution in [0.4, 0.5) is 5.82 Å². The Labute approximate surface area is 196 Å². The highest BCUT2D eigenvalue weighted by molar-refractivity contribution is 7.84. The van der Waals surface area contributed by atoms with Crippen LogP contribution in [0.5, 0.6) is 0 Å². The van der Waals surface area contributed by atoms with Crippen molar-refractivity contribution in [2.24, 2.45) is 5.73 Å². The van der Waals surface area contributed by atoms with Gasteiger partial charge in [0.2, 0.25) is 0 Å². The number of hydrogen-bond acceptors (Lipinski definition) is 6. The molecule has 0 aliphatic carbocycles. The van der Waals surface area contributed by atoms with E-state index in [1.807, 2.05) is 40.7 Å². The van der Waals surface area contributed by atoms with Gasteiger partial charge in [-0.1, -0.05) is 12.1 Å². The summed E-state index contributed by atoms with van der Waals surface area (Å²) in [6.45, 7) is 4.43. The summed E-state index contributed by atoms with van der Waals surface area (Å²) in [5.74, 6) is 0.872. The number of carbonyl (C=O) groups excluding carboxylic acids is 1. The summed E-state index contributed by atoms with van der Waals surface area (Å²) >= 11 is 0. The summed E-state index contributed by atoms with van der Waals surface area (Å²) < 4.78 is 14.0. The Morgan fingerprint density at radius 2 is 2.00 bits per heavy atom. The van der Waals surface area contributed by atoms with E-state index in [4.69, 9.17) is 15.8 Å². The third-order valence-corrected chi connectivity index (χ3v) is 7.66. The van der Waals surface area contributed by atoms with E-state index in [1.165, 1.54) is 0 Å². The lowest BCUT2D eigenvalue weighted by atomic mass is 9.98. The van der Waals surface area contributed by atoms with Crippen molar-refractivity contribution < 1.29 is 9.00 Å². The van der Waals surface area contributed by atoms with E-state index in [2.05, 4.69) is 4.90 Å². The monoisotopic (exact) mass is 466 g/mol. The number of nitrogens with two attached hydrogens (primary N) is 1. The van der Waals surface area contributed by atoms with Crippen LogP contribution in [0, 0.1) is 6.92 Å². The lowest BCUT2D eigenvalue weighted by Gasteiger charge is -2.35. The Hall–Kier alpha value is -2.78. The molecule has 1 aromatic carbocycles. The van der Waals surface area contributed by atoms with Crippen molar-refractivity contribution in [3.8, 4) is 0 Å². The van der Waals surface area contributed by atoms with Gasteiger partial charge < -0.3 is 15.5 Å². The summed E-state index contributed by atoms with van der Waals surface area (Å²) in [4.78, 5) is 23.2.